The van der Waals surface area contributed by atoms with E-state index < -0.39 is 6.10 Å². The Hall–Kier alpha value is -2.79. The molecular formula is C26H28BrNO3. The first-order valence-electron chi connectivity index (χ1n) is 10.4. The first kappa shape index (κ1) is 22.9. The lowest BCUT2D eigenvalue weighted by Gasteiger charge is -2.18. The van der Waals surface area contributed by atoms with Gasteiger partial charge >= 0.3 is 0 Å². The Labute approximate surface area is 192 Å². The topological polar surface area (TPSA) is 47.6 Å². The number of benzene rings is 3. The van der Waals surface area contributed by atoms with E-state index in [1.807, 2.05) is 56.3 Å². The molecule has 0 spiro atoms. The van der Waals surface area contributed by atoms with Gasteiger partial charge in [-0.15, -0.1) is 0 Å². The second-order valence-corrected chi connectivity index (χ2v) is 8.50. The highest BCUT2D eigenvalue weighted by Gasteiger charge is 2.17. The van der Waals surface area contributed by atoms with Crippen molar-refractivity contribution in [1.82, 2.24) is 0 Å². The Morgan fingerprint density at radius 3 is 2.29 bits per heavy atom. The van der Waals surface area contributed by atoms with Crippen LogP contribution in [0.5, 0.6) is 11.5 Å². The van der Waals surface area contributed by atoms with Gasteiger partial charge in [0.15, 0.2) is 6.10 Å². The molecule has 3 aromatic carbocycles. The first-order valence-corrected chi connectivity index (χ1v) is 11.2. The van der Waals surface area contributed by atoms with Crippen molar-refractivity contribution in [2.75, 3.05) is 11.9 Å². The van der Waals surface area contributed by atoms with Crippen molar-refractivity contribution in [3.63, 3.8) is 0 Å². The second-order valence-electron chi connectivity index (χ2n) is 7.58. The molecule has 0 saturated heterocycles. The van der Waals surface area contributed by atoms with Crippen LogP contribution in [0.15, 0.2) is 71.2 Å². The van der Waals surface area contributed by atoms with E-state index in [-0.39, 0.29) is 5.91 Å². The second kappa shape index (κ2) is 11.0. The van der Waals surface area contributed by atoms with Gasteiger partial charge in [-0.05, 0) is 86.7 Å². The van der Waals surface area contributed by atoms with Gasteiger partial charge in [-0.1, -0.05) is 46.3 Å². The fraction of sp³-hybridized carbons (Fsp3) is 0.269. The molecule has 0 bridgehead atoms. The van der Waals surface area contributed by atoms with Crippen molar-refractivity contribution in [2.24, 2.45) is 0 Å². The number of hydrogen-bond acceptors (Lipinski definition) is 3. The smallest absolute Gasteiger partial charge is 0.265 e. The van der Waals surface area contributed by atoms with E-state index in [9.17, 15) is 4.79 Å². The van der Waals surface area contributed by atoms with Crippen LogP contribution in [0.2, 0.25) is 0 Å². The molecule has 3 aromatic rings. The molecule has 0 aliphatic carbocycles. The number of ether oxygens (including phenoxy) is 2. The van der Waals surface area contributed by atoms with E-state index in [0.717, 1.165) is 39.9 Å². The van der Waals surface area contributed by atoms with E-state index >= 15 is 0 Å². The van der Waals surface area contributed by atoms with Crippen LogP contribution in [0.3, 0.4) is 0 Å². The molecule has 0 radical (unpaired) electrons. The normalized spacial score (nSPS) is 11.6. The van der Waals surface area contributed by atoms with Crippen molar-refractivity contribution in [2.45, 2.75) is 39.7 Å². The summed E-state index contributed by atoms with van der Waals surface area (Å²) in [6, 6.07) is 21.8. The van der Waals surface area contributed by atoms with Crippen LogP contribution in [0.4, 0.5) is 5.69 Å². The van der Waals surface area contributed by atoms with Gasteiger partial charge in [0.2, 0.25) is 0 Å². The zero-order chi connectivity index (χ0) is 22.2. The fourth-order valence-corrected chi connectivity index (χ4v) is 3.99. The SMILES string of the molecule is Cc1cc(Br)cc(C)c1OC(C)C(=O)Nc1ccc(OCCCc2ccccc2)cc1. The number of anilines is 1. The number of hydrogen-bond donors (Lipinski definition) is 1. The van der Waals surface area contributed by atoms with Crippen LogP contribution in [0.25, 0.3) is 0 Å². The van der Waals surface area contributed by atoms with Crippen LogP contribution >= 0.6 is 15.9 Å². The van der Waals surface area contributed by atoms with Crippen LogP contribution < -0.4 is 14.8 Å². The number of nitrogens with one attached hydrogen (secondary N) is 1. The third-order valence-corrected chi connectivity index (χ3v) is 5.39. The Morgan fingerprint density at radius 1 is 1.00 bits per heavy atom. The highest BCUT2D eigenvalue weighted by Crippen LogP contribution is 2.28. The van der Waals surface area contributed by atoms with Gasteiger partial charge in [-0.25, -0.2) is 0 Å². The van der Waals surface area contributed by atoms with Crippen molar-refractivity contribution in [3.8, 4) is 11.5 Å². The maximum atomic E-state index is 12.6. The van der Waals surface area contributed by atoms with Gasteiger partial charge in [0, 0.05) is 10.2 Å². The number of aryl methyl sites for hydroxylation is 3. The van der Waals surface area contributed by atoms with Crippen LogP contribution in [0, 0.1) is 13.8 Å². The summed E-state index contributed by atoms with van der Waals surface area (Å²) in [7, 11) is 0. The lowest BCUT2D eigenvalue weighted by molar-refractivity contribution is -0.122. The van der Waals surface area contributed by atoms with Gasteiger partial charge in [0.1, 0.15) is 11.5 Å². The predicted molar refractivity (Wildman–Crippen MR) is 129 cm³/mol. The summed E-state index contributed by atoms with van der Waals surface area (Å²) < 4.78 is 12.7. The maximum absolute atomic E-state index is 12.6. The zero-order valence-electron chi connectivity index (χ0n) is 18.2. The van der Waals surface area contributed by atoms with E-state index in [1.165, 1.54) is 5.56 Å². The Kier molecular flexibility index (Phi) is 8.13. The largest absolute Gasteiger partial charge is 0.494 e. The van der Waals surface area contributed by atoms with Crippen molar-refractivity contribution < 1.29 is 14.3 Å². The Balaban J connectivity index is 1.47. The minimum Gasteiger partial charge on any atom is -0.494 e. The van der Waals surface area contributed by atoms with E-state index in [0.29, 0.717) is 12.3 Å². The Morgan fingerprint density at radius 2 is 1.65 bits per heavy atom. The van der Waals surface area contributed by atoms with Crippen molar-refractivity contribution >= 4 is 27.5 Å². The summed E-state index contributed by atoms with van der Waals surface area (Å²) in [6.45, 7) is 6.34. The lowest BCUT2D eigenvalue weighted by atomic mass is 10.1. The summed E-state index contributed by atoms with van der Waals surface area (Å²) in [5.74, 6) is 1.33. The molecule has 0 saturated carbocycles. The predicted octanol–water partition coefficient (Wildman–Crippen LogP) is 6.48. The summed E-state index contributed by atoms with van der Waals surface area (Å²) in [4.78, 5) is 12.6. The summed E-state index contributed by atoms with van der Waals surface area (Å²) in [5, 5.41) is 2.90. The fourth-order valence-electron chi connectivity index (χ4n) is 3.30. The maximum Gasteiger partial charge on any atom is 0.265 e. The van der Waals surface area contributed by atoms with E-state index in [1.54, 1.807) is 6.92 Å². The Bertz CT molecular complexity index is 980. The summed E-state index contributed by atoms with van der Waals surface area (Å²) in [6.07, 6.45) is 1.32. The quantitative estimate of drug-likeness (QED) is 0.355. The van der Waals surface area contributed by atoms with Gasteiger partial charge in [-0.2, -0.15) is 0 Å². The molecule has 0 aliphatic heterocycles. The van der Waals surface area contributed by atoms with E-state index in [4.69, 9.17) is 9.47 Å². The molecule has 1 N–H and O–H groups in total. The van der Waals surface area contributed by atoms with Crippen molar-refractivity contribution in [1.29, 1.82) is 0 Å². The van der Waals surface area contributed by atoms with Crippen molar-refractivity contribution in [3.05, 3.63) is 87.9 Å². The number of rotatable bonds is 9. The minimum atomic E-state index is -0.618. The van der Waals surface area contributed by atoms with Gasteiger partial charge in [0.05, 0.1) is 6.61 Å². The zero-order valence-corrected chi connectivity index (χ0v) is 19.7. The number of amides is 1. The number of carbonyl (C=O) groups is 1. The number of carbonyl (C=O) groups excluding carboxylic acids is 1. The molecule has 1 amide bonds. The molecular weight excluding hydrogens is 454 g/mol. The molecule has 1 unspecified atom stereocenters. The van der Waals surface area contributed by atoms with Gasteiger partial charge < -0.3 is 14.8 Å². The molecule has 0 aromatic heterocycles. The molecule has 162 valence electrons. The molecule has 0 aliphatic rings. The molecule has 0 fully saturated rings. The van der Waals surface area contributed by atoms with Gasteiger partial charge in [0.25, 0.3) is 5.91 Å². The average Bonchev–Trinajstić information content (AvgIpc) is 2.75. The van der Waals surface area contributed by atoms with Crippen LogP contribution in [-0.2, 0) is 11.2 Å². The van der Waals surface area contributed by atoms with Crippen LogP contribution in [0.1, 0.15) is 30.0 Å². The third kappa shape index (κ3) is 6.86. The minimum absolute atomic E-state index is 0.196. The molecule has 3 rings (SSSR count). The highest BCUT2D eigenvalue weighted by molar-refractivity contribution is 9.10. The summed E-state index contributed by atoms with van der Waals surface area (Å²) >= 11 is 3.48. The standard InChI is InChI=1S/C26H28BrNO3/c1-18-16-22(27)17-19(2)25(18)31-20(3)26(29)28-23-11-13-24(14-12-23)30-15-7-10-21-8-5-4-6-9-21/h4-6,8-9,11-14,16-17,20H,7,10,15H2,1-3H3,(H,28,29). The number of halogens is 1. The summed E-state index contributed by atoms with van der Waals surface area (Å²) in [5.41, 5.74) is 4.00. The molecule has 0 heterocycles. The van der Waals surface area contributed by atoms with Crippen LogP contribution in [-0.4, -0.2) is 18.6 Å². The third-order valence-electron chi connectivity index (χ3n) is 4.93. The highest BCUT2D eigenvalue weighted by atomic mass is 79.9. The van der Waals surface area contributed by atoms with E-state index in [2.05, 4.69) is 45.5 Å². The molecule has 5 heteroatoms. The molecule has 31 heavy (non-hydrogen) atoms. The average molecular weight is 482 g/mol. The lowest BCUT2D eigenvalue weighted by Crippen LogP contribution is -2.30. The van der Waals surface area contributed by atoms with Gasteiger partial charge in [-0.3, -0.25) is 4.79 Å². The molecule has 4 nitrogen and oxygen atoms in total. The monoisotopic (exact) mass is 481 g/mol. The molecule has 1 atom stereocenters. The first-order chi connectivity index (χ1) is 14.9.